The molecule has 5 nitrogen and oxygen atoms in total. The van der Waals surface area contributed by atoms with Crippen molar-refractivity contribution in [2.45, 2.75) is 33.3 Å². The van der Waals surface area contributed by atoms with E-state index >= 15 is 0 Å². The molecule has 21 heavy (non-hydrogen) atoms. The van der Waals surface area contributed by atoms with Gasteiger partial charge in [-0.05, 0) is 30.5 Å². The molecule has 5 heteroatoms. The van der Waals surface area contributed by atoms with Gasteiger partial charge in [0.25, 0.3) is 0 Å². The number of nitrogens with one attached hydrogen (secondary N) is 1. The maximum absolute atomic E-state index is 9.89. The Morgan fingerprint density at radius 1 is 1.29 bits per heavy atom. The normalized spacial score (nSPS) is 15.0. The first-order valence-electron chi connectivity index (χ1n) is 7.35. The molecular formula is C16H25NO4. The van der Waals surface area contributed by atoms with Crippen LogP contribution in [-0.4, -0.2) is 37.7 Å². The largest absolute Gasteiger partial charge is 0.491 e. The zero-order valence-corrected chi connectivity index (χ0v) is 13.0. The lowest BCUT2D eigenvalue weighted by Crippen LogP contribution is -2.33. The number of fused-ring (bicyclic) bond motifs is 1. The fourth-order valence-corrected chi connectivity index (χ4v) is 1.95. The van der Waals surface area contributed by atoms with Crippen LogP contribution in [0.3, 0.4) is 0 Å². The lowest BCUT2D eigenvalue weighted by Gasteiger charge is -2.19. The van der Waals surface area contributed by atoms with E-state index < -0.39 is 6.10 Å². The number of hydrogen-bond acceptors (Lipinski definition) is 5. The molecule has 118 valence electrons. The van der Waals surface area contributed by atoms with E-state index in [1.54, 1.807) is 6.07 Å². The highest BCUT2D eigenvalue weighted by atomic mass is 16.7. The fraction of sp³-hybridized carbons (Fsp3) is 0.625. The third-order valence-corrected chi connectivity index (χ3v) is 3.22. The summed E-state index contributed by atoms with van der Waals surface area (Å²) in [6.07, 6.45) is 0.540. The topological polar surface area (TPSA) is 60.0 Å². The lowest BCUT2D eigenvalue weighted by atomic mass is 9.92. The van der Waals surface area contributed by atoms with Crippen molar-refractivity contribution in [2.24, 2.45) is 5.41 Å². The van der Waals surface area contributed by atoms with Crippen molar-refractivity contribution < 1.29 is 19.3 Å². The van der Waals surface area contributed by atoms with E-state index in [4.69, 9.17) is 14.2 Å². The van der Waals surface area contributed by atoms with Gasteiger partial charge in [-0.15, -0.1) is 0 Å². The van der Waals surface area contributed by atoms with Crippen molar-refractivity contribution in [3.05, 3.63) is 18.2 Å². The van der Waals surface area contributed by atoms with Crippen molar-refractivity contribution in [1.82, 2.24) is 5.32 Å². The molecule has 0 aromatic heterocycles. The molecule has 0 saturated carbocycles. The maximum Gasteiger partial charge on any atom is 0.231 e. The first kappa shape index (κ1) is 15.9. The number of rotatable bonds is 7. The second-order valence-corrected chi connectivity index (χ2v) is 6.49. The molecule has 1 atom stereocenters. The van der Waals surface area contributed by atoms with Crippen LogP contribution in [0.5, 0.6) is 17.2 Å². The van der Waals surface area contributed by atoms with Crippen LogP contribution in [0.15, 0.2) is 18.2 Å². The number of aliphatic hydroxyl groups excluding tert-OH is 1. The predicted octanol–water partition coefficient (Wildman–Crippen LogP) is 2.18. The van der Waals surface area contributed by atoms with Crippen LogP contribution in [0.25, 0.3) is 0 Å². The standard InChI is InChI=1S/C16H25NO4/c1-16(2,3)6-7-17-9-12(18)10-19-13-4-5-14-15(8-13)21-11-20-14/h4-5,8,12,17-18H,6-7,9-11H2,1-3H3. The van der Waals surface area contributed by atoms with E-state index in [0.717, 1.165) is 18.7 Å². The zero-order chi connectivity index (χ0) is 15.3. The summed E-state index contributed by atoms with van der Waals surface area (Å²) in [4.78, 5) is 0. The monoisotopic (exact) mass is 295 g/mol. The quantitative estimate of drug-likeness (QED) is 0.755. The van der Waals surface area contributed by atoms with Crippen molar-refractivity contribution in [3.8, 4) is 17.2 Å². The molecule has 0 radical (unpaired) electrons. The van der Waals surface area contributed by atoms with Gasteiger partial charge in [-0.25, -0.2) is 0 Å². The Labute approximate surface area is 126 Å². The summed E-state index contributed by atoms with van der Waals surface area (Å²) in [7, 11) is 0. The van der Waals surface area contributed by atoms with Crippen molar-refractivity contribution in [3.63, 3.8) is 0 Å². The van der Waals surface area contributed by atoms with E-state index in [-0.39, 0.29) is 13.4 Å². The Hall–Kier alpha value is -1.46. The van der Waals surface area contributed by atoms with Crippen LogP contribution in [0, 0.1) is 5.41 Å². The minimum atomic E-state index is -0.532. The van der Waals surface area contributed by atoms with Gasteiger partial charge in [0.1, 0.15) is 18.5 Å². The molecule has 0 fully saturated rings. The summed E-state index contributed by atoms with van der Waals surface area (Å²) in [6.45, 7) is 8.53. The highest BCUT2D eigenvalue weighted by Gasteiger charge is 2.14. The van der Waals surface area contributed by atoms with Crippen molar-refractivity contribution in [1.29, 1.82) is 0 Å². The van der Waals surface area contributed by atoms with Gasteiger partial charge in [0, 0.05) is 12.6 Å². The second kappa shape index (κ2) is 7.00. The Morgan fingerprint density at radius 3 is 2.81 bits per heavy atom. The van der Waals surface area contributed by atoms with Gasteiger partial charge >= 0.3 is 0 Å². The number of hydrogen-bond donors (Lipinski definition) is 2. The smallest absolute Gasteiger partial charge is 0.231 e. The molecule has 0 aliphatic carbocycles. The minimum absolute atomic E-state index is 0.249. The average Bonchev–Trinajstić information content (AvgIpc) is 2.87. The van der Waals surface area contributed by atoms with Gasteiger partial charge in [0.2, 0.25) is 6.79 Å². The first-order chi connectivity index (χ1) is 9.94. The van der Waals surface area contributed by atoms with Crippen LogP contribution in [0.4, 0.5) is 0 Å². The highest BCUT2D eigenvalue weighted by Crippen LogP contribution is 2.35. The Balaban J connectivity index is 1.66. The van der Waals surface area contributed by atoms with E-state index in [2.05, 4.69) is 26.1 Å². The molecular weight excluding hydrogens is 270 g/mol. The summed E-state index contributed by atoms with van der Waals surface area (Å²) < 4.78 is 16.1. The Kier molecular flexibility index (Phi) is 5.31. The van der Waals surface area contributed by atoms with Crippen LogP contribution in [-0.2, 0) is 0 Å². The van der Waals surface area contributed by atoms with Crippen LogP contribution >= 0.6 is 0 Å². The number of aliphatic hydroxyl groups is 1. The van der Waals surface area contributed by atoms with Gasteiger partial charge in [-0.3, -0.25) is 0 Å². The number of benzene rings is 1. The Bertz CT molecular complexity index is 456. The molecule has 0 bridgehead atoms. The van der Waals surface area contributed by atoms with Gasteiger partial charge in [0.15, 0.2) is 11.5 Å². The zero-order valence-electron chi connectivity index (χ0n) is 13.0. The summed E-state index contributed by atoms with van der Waals surface area (Å²) in [5, 5.41) is 13.1. The summed E-state index contributed by atoms with van der Waals surface area (Å²) in [5.41, 5.74) is 0.306. The molecule has 1 heterocycles. The van der Waals surface area contributed by atoms with Crippen LogP contribution in [0.2, 0.25) is 0 Å². The SMILES string of the molecule is CC(C)(C)CCNCC(O)COc1ccc2c(c1)OCO2. The third-order valence-electron chi connectivity index (χ3n) is 3.22. The lowest BCUT2D eigenvalue weighted by molar-refractivity contribution is 0.105. The molecule has 1 aromatic carbocycles. The highest BCUT2D eigenvalue weighted by molar-refractivity contribution is 5.46. The molecule has 1 aromatic rings. The average molecular weight is 295 g/mol. The van der Waals surface area contributed by atoms with Gasteiger partial charge in [0.05, 0.1) is 0 Å². The van der Waals surface area contributed by atoms with Gasteiger partial charge in [-0.2, -0.15) is 0 Å². The van der Waals surface area contributed by atoms with E-state index in [1.807, 2.05) is 12.1 Å². The van der Waals surface area contributed by atoms with Crippen LogP contribution in [0.1, 0.15) is 27.2 Å². The fourth-order valence-electron chi connectivity index (χ4n) is 1.95. The molecule has 1 aliphatic heterocycles. The molecule has 0 spiro atoms. The predicted molar refractivity (Wildman–Crippen MR) is 81.0 cm³/mol. The minimum Gasteiger partial charge on any atom is -0.491 e. The molecule has 0 saturated heterocycles. The molecule has 2 N–H and O–H groups in total. The molecule has 1 unspecified atom stereocenters. The maximum atomic E-state index is 9.89. The molecule has 0 amide bonds. The van der Waals surface area contributed by atoms with Crippen molar-refractivity contribution >= 4 is 0 Å². The third kappa shape index (κ3) is 5.44. The molecule has 1 aliphatic rings. The van der Waals surface area contributed by atoms with E-state index in [0.29, 0.717) is 23.5 Å². The second-order valence-electron chi connectivity index (χ2n) is 6.49. The first-order valence-corrected chi connectivity index (χ1v) is 7.35. The summed E-state index contributed by atoms with van der Waals surface area (Å²) >= 11 is 0. The number of ether oxygens (including phenoxy) is 3. The van der Waals surface area contributed by atoms with E-state index in [9.17, 15) is 5.11 Å². The molecule has 2 rings (SSSR count). The summed E-state index contributed by atoms with van der Waals surface area (Å²) in [5.74, 6) is 2.09. The van der Waals surface area contributed by atoms with Gasteiger partial charge < -0.3 is 24.6 Å². The Morgan fingerprint density at radius 2 is 2.05 bits per heavy atom. The van der Waals surface area contributed by atoms with Gasteiger partial charge in [-0.1, -0.05) is 20.8 Å². The van der Waals surface area contributed by atoms with E-state index in [1.165, 1.54) is 0 Å². The van der Waals surface area contributed by atoms with Crippen molar-refractivity contribution in [2.75, 3.05) is 26.5 Å². The summed E-state index contributed by atoms with van der Waals surface area (Å²) in [6, 6.07) is 5.40. The van der Waals surface area contributed by atoms with Crippen LogP contribution < -0.4 is 19.5 Å².